The van der Waals surface area contributed by atoms with E-state index in [1.54, 1.807) is 6.07 Å². The molecule has 0 bridgehead atoms. The van der Waals surface area contributed by atoms with Gasteiger partial charge in [0.2, 0.25) is 5.91 Å². The Balaban J connectivity index is 2.12. The van der Waals surface area contributed by atoms with E-state index in [1.807, 2.05) is 37.3 Å². The third-order valence-corrected chi connectivity index (χ3v) is 4.11. The molecule has 7 nitrogen and oxygen atoms in total. The van der Waals surface area contributed by atoms with Gasteiger partial charge < -0.3 is 20.2 Å². The highest BCUT2D eigenvalue weighted by Gasteiger charge is 2.27. The van der Waals surface area contributed by atoms with Crippen molar-refractivity contribution in [2.24, 2.45) is 0 Å². The average molecular weight is 372 g/mol. The topological polar surface area (TPSA) is 109 Å². The minimum Gasteiger partial charge on any atom is -0.480 e. The molecule has 1 aromatic carbocycles. The molecule has 2 rings (SSSR count). The van der Waals surface area contributed by atoms with Crippen LogP contribution >= 0.6 is 0 Å². The van der Waals surface area contributed by atoms with Crippen molar-refractivity contribution >= 4 is 17.8 Å². The molecule has 0 spiro atoms. The van der Waals surface area contributed by atoms with Gasteiger partial charge in [-0.25, -0.2) is 4.79 Å². The fourth-order valence-corrected chi connectivity index (χ4v) is 2.63. The molecule has 1 heterocycles. The Hall–Kier alpha value is -3.09. The predicted molar refractivity (Wildman–Crippen MR) is 99.2 cm³/mol. The van der Waals surface area contributed by atoms with Gasteiger partial charge in [0.15, 0.2) is 5.76 Å². The molecule has 0 radical (unpaired) electrons. The maximum absolute atomic E-state index is 12.7. The van der Waals surface area contributed by atoms with Crippen LogP contribution in [0.4, 0.5) is 0 Å². The van der Waals surface area contributed by atoms with Crippen LogP contribution in [0.15, 0.2) is 53.1 Å². The van der Waals surface area contributed by atoms with Gasteiger partial charge >= 0.3 is 5.97 Å². The molecule has 2 aromatic rings. The Morgan fingerprint density at radius 2 is 1.78 bits per heavy atom. The Morgan fingerprint density at radius 1 is 1.04 bits per heavy atom. The number of amides is 2. The summed E-state index contributed by atoms with van der Waals surface area (Å²) in [4.78, 5) is 36.4. The van der Waals surface area contributed by atoms with Gasteiger partial charge in [0.25, 0.3) is 5.91 Å². The number of unbranched alkanes of at least 4 members (excludes halogenated alkanes) is 1. The van der Waals surface area contributed by atoms with Crippen LogP contribution in [0, 0.1) is 0 Å². The van der Waals surface area contributed by atoms with Crippen LogP contribution in [0.3, 0.4) is 0 Å². The molecule has 1 aromatic heterocycles. The lowest BCUT2D eigenvalue weighted by molar-refractivity contribution is -0.142. The zero-order valence-electron chi connectivity index (χ0n) is 15.2. The Bertz CT molecular complexity index is 743. The van der Waals surface area contributed by atoms with Crippen LogP contribution in [0.2, 0.25) is 0 Å². The van der Waals surface area contributed by atoms with Crippen LogP contribution in [0.5, 0.6) is 0 Å². The number of carbonyl (C=O) groups is 3. The molecule has 7 heteroatoms. The largest absolute Gasteiger partial charge is 0.480 e. The van der Waals surface area contributed by atoms with E-state index >= 15 is 0 Å². The van der Waals surface area contributed by atoms with Gasteiger partial charge in [-0.1, -0.05) is 50.1 Å². The molecule has 0 aliphatic carbocycles. The summed E-state index contributed by atoms with van der Waals surface area (Å²) in [5.74, 6) is -2.08. The molecule has 0 saturated heterocycles. The third kappa shape index (κ3) is 6.29. The van der Waals surface area contributed by atoms with Gasteiger partial charge in [0.1, 0.15) is 12.1 Å². The van der Waals surface area contributed by atoms with E-state index in [9.17, 15) is 19.5 Å². The summed E-state index contributed by atoms with van der Waals surface area (Å²) >= 11 is 0. The number of nitrogens with one attached hydrogen (secondary N) is 2. The summed E-state index contributed by atoms with van der Waals surface area (Å²) in [6, 6.07) is 10.4. The predicted octanol–water partition coefficient (Wildman–Crippen LogP) is 2.38. The summed E-state index contributed by atoms with van der Waals surface area (Å²) < 4.78 is 5.06. The first-order valence-corrected chi connectivity index (χ1v) is 8.92. The summed E-state index contributed by atoms with van der Waals surface area (Å²) in [6.07, 6.45) is 3.44. The quantitative estimate of drug-likeness (QED) is 0.593. The second kappa shape index (κ2) is 10.2. The van der Waals surface area contributed by atoms with Gasteiger partial charge in [-0.3, -0.25) is 9.59 Å². The van der Waals surface area contributed by atoms with Crippen LogP contribution < -0.4 is 10.6 Å². The fourth-order valence-electron chi connectivity index (χ4n) is 2.63. The minimum atomic E-state index is -1.09. The number of hydrogen-bond donors (Lipinski definition) is 3. The molecule has 2 amide bonds. The van der Waals surface area contributed by atoms with Crippen LogP contribution in [0.25, 0.3) is 0 Å². The lowest BCUT2D eigenvalue weighted by Gasteiger charge is -2.21. The van der Waals surface area contributed by atoms with Gasteiger partial charge in [-0.2, -0.15) is 0 Å². The normalized spacial score (nSPS) is 12.8. The smallest absolute Gasteiger partial charge is 0.326 e. The van der Waals surface area contributed by atoms with E-state index < -0.39 is 29.9 Å². The number of benzene rings is 1. The molecule has 0 aliphatic heterocycles. The number of carbonyl (C=O) groups excluding carboxylic acids is 2. The van der Waals surface area contributed by atoms with E-state index in [4.69, 9.17) is 4.42 Å². The lowest BCUT2D eigenvalue weighted by atomic mass is 10.0. The van der Waals surface area contributed by atoms with E-state index in [2.05, 4.69) is 10.6 Å². The number of carboxylic acid groups (broad SMARTS) is 1. The highest BCUT2D eigenvalue weighted by Crippen LogP contribution is 2.08. The van der Waals surface area contributed by atoms with E-state index in [0.717, 1.165) is 12.0 Å². The molecule has 0 aliphatic rings. The van der Waals surface area contributed by atoms with Crippen LogP contribution in [0.1, 0.15) is 42.3 Å². The maximum Gasteiger partial charge on any atom is 0.326 e. The van der Waals surface area contributed by atoms with Crippen molar-refractivity contribution in [3.8, 4) is 0 Å². The van der Waals surface area contributed by atoms with Gasteiger partial charge in [-0.05, 0) is 24.1 Å². The first kappa shape index (κ1) is 20.2. The summed E-state index contributed by atoms with van der Waals surface area (Å²) in [6.45, 7) is 1.95. The molecule has 0 fully saturated rings. The maximum atomic E-state index is 12.7. The number of furan rings is 1. The van der Waals surface area contributed by atoms with Crippen molar-refractivity contribution in [3.63, 3.8) is 0 Å². The summed E-state index contributed by atoms with van der Waals surface area (Å²) in [5, 5.41) is 14.5. The van der Waals surface area contributed by atoms with Crippen molar-refractivity contribution in [3.05, 3.63) is 60.1 Å². The second-order valence-electron chi connectivity index (χ2n) is 6.23. The van der Waals surface area contributed by atoms with Crippen molar-refractivity contribution in [2.45, 2.75) is 44.7 Å². The molecule has 0 saturated carbocycles. The lowest BCUT2D eigenvalue weighted by Crippen LogP contribution is -2.52. The van der Waals surface area contributed by atoms with E-state index in [0.29, 0.717) is 12.8 Å². The van der Waals surface area contributed by atoms with Gasteiger partial charge in [0.05, 0.1) is 6.26 Å². The number of rotatable bonds is 10. The van der Waals surface area contributed by atoms with Gasteiger partial charge in [-0.15, -0.1) is 0 Å². The Morgan fingerprint density at radius 3 is 2.37 bits per heavy atom. The standard InChI is InChI=1S/C20H24N2O5/c1-2-3-10-15(20(25)26)21-18(23)16(13-14-8-5-4-6-9-14)22-19(24)17-11-7-12-27-17/h4-9,11-12,15-16H,2-3,10,13H2,1H3,(H,21,23)(H,22,24)(H,25,26). The molecular formula is C20H24N2O5. The zero-order chi connectivity index (χ0) is 19.6. The Kier molecular flexibility index (Phi) is 7.61. The van der Waals surface area contributed by atoms with E-state index in [-0.39, 0.29) is 12.2 Å². The number of aliphatic carboxylic acids is 1. The SMILES string of the molecule is CCCCC(NC(=O)C(Cc1ccccc1)NC(=O)c1ccco1)C(=O)O. The summed E-state index contributed by atoms with van der Waals surface area (Å²) in [5.41, 5.74) is 0.845. The highest BCUT2D eigenvalue weighted by atomic mass is 16.4. The monoisotopic (exact) mass is 372 g/mol. The molecule has 27 heavy (non-hydrogen) atoms. The zero-order valence-corrected chi connectivity index (χ0v) is 15.2. The highest BCUT2D eigenvalue weighted by molar-refractivity contribution is 5.96. The van der Waals surface area contributed by atoms with Crippen LogP contribution in [-0.4, -0.2) is 35.0 Å². The van der Waals surface area contributed by atoms with Gasteiger partial charge in [0, 0.05) is 6.42 Å². The fraction of sp³-hybridized carbons (Fsp3) is 0.350. The van der Waals surface area contributed by atoms with Crippen molar-refractivity contribution in [1.82, 2.24) is 10.6 Å². The van der Waals surface area contributed by atoms with Crippen molar-refractivity contribution < 1.29 is 23.9 Å². The second-order valence-corrected chi connectivity index (χ2v) is 6.23. The molecule has 2 unspecified atom stereocenters. The first-order valence-electron chi connectivity index (χ1n) is 8.92. The third-order valence-electron chi connectivity index (χ3n) is 4.11. The molecule has 2 atom stereocenters. The summed E-state index contributed by atoms with van der Waals surface area (Å²) in [7, 11) is 0. The molecule has 3 N–H and O–H groups in total. The van der Waals surface area contributed by atoms with E-state index in [1.165, 1.54) is 12.3 Å². The number of hydrogen-bond acceptors (Lipinski definition) is 4. The first-order chi connectivity index (χ1) is 13.0. The number of carboxylic acids is 1. The van der Waals surface area contributed by atoms with Crippen LogP contribution in [-0.2, 0) is 16.0 Å². The van der Waals surface area contributed by atoms with Crippen molar-refractivity contribution in [2.75, 3.05) is 0 Å². The minimum absolute atomic E-state index is 0.0848. The average Bonchev–Trinajstić information content (AvgIpc) is 3.20. The van der Waals surface area contributed by atoms with Crippen molar-refractivity contribution in [1.29, 1.82) is 0 Å². The Labute approximate surface area is 157 Å². The molecule has 144 valence electrons. The molecular weight excluding hydrogens is 348 g/mol.